The van der Waals surface area contributed by atoms with Crippen LogP contribution in [-0.2, 0) is 0 Å². The van der Waals surface area contributed by atoms with Gasteiger partial charge in [0.1, 0.15) is 0 Å². The molecule has 0 fully saturated rings. The van der Waals surface area contributed by atoms with Crippen molar-refractivity contribution in [1.82, 2.24) is 15.0 Å². The first-order valence-corrected chi connectivity index (χ1v) is 6.46. The Labute approximate surface area is 117 Å². The van der Waals surface area contributed by atoms with Crippen molar-refractivity contribution in [2.45, 2.75) is 20.8 Å². The Morgan fingerprint density at radius 1 is 1.11 bits per heavy atom. The van der Waals surface area contributed by atoms with Gasteiger partial charge in [0.05, 0.1) is 0 Å². The minimum absolute atomic E-state index is 0.165. The number of hydrogen-bond acceptors (Lipinski definition) is 5. The Bertz CT molecular complexity index is 585. The summed E-state index contributed by atoms with van der Waals surface area (Å²) < 4.78 is 0. The fourth-order valence-corrected chi connectivity index (χ4v) is 1.88. The lowest BCUT2D eigenvalue weighted by Gasteiger charge is -2.10. The Balaban J connectivity index is 2.27. The quantitative estimate of drug-likeness (QED) is 0.898. The standard InChI is InChI=1S/C13H16ClN5/c1-4-15-12-17-11(14)18-13(19-12)16-10-6-5-8(2)7-9(10)3/h5-7H,4H2,1-3H3,(H2,15,16,17,18,19). The van der Waals surface area contributed by atoms with Crippen molar-refractivity contribution in [3.63, 3.8) is 0 Å². The van der Waals surface area contributed by atoms with Crippen LogP contribution in [0.5, 0.6) is 0 Å². The molecule has 0 saturated heterocycles. The fraction of sp³-hybridized carbons (Fsp3) is 0.308. The fourth-order valence-electron chi connectivity index (χ4n) is 1.72. The molecule has 100 valence electrons. The highest BCUT2D eigenvalue weighted by Crippen LogP contribution is 2.20. The predicted octanol–water partition coefficient (Wildman–Crippen LogP) is 3.32. The first kappa shape index (κ1) is 13.5. The van der Waals surface area contributed by atoms with Crippen LogP contribution in [0.2, 0.25) is 5.28 Å². The zero-order valence-corrected chi connectivity index (χ0v) is 11.9. The number of aryl methyl sites for hydroxylation is 2. The van der Waals surface area contributed by atoms with Gasteiger partial charge in [-0.05, 0) is 44.0 Å². The Hall–Kier alpha value is -1.88. The van der Waals surface area contributed by atoms with Crippen molar-refractivity contribution in [2.75, 3.05) is 17.2 Å². The molecule has 5 nitrogen and oxygen atoms in total. The number of anilines is 3. The molecule has 0 saturated carbocycles. The smallest absolute Gasteiger partial charge is 0.233 e. The van der Waals surface area contributed by atoms with Gasteiger partial charge in [-0.2, -0.15) is 15.0 Å². The summed E-state index contributed by atoms with van der Waals surface area (Å²) in [5.41, 5.74) is 3.29. The summed E-state index contributed by atoms with van der Waals surface area (Å²) in [6.45, 7) is 6.78. The van der Waals surface area contributed by atoms with Gasteiger partial charge < -0.3 is 10.6 Å². The lowest BCUT2D eigenvalue weighted by molar-refractivity contribution is 1.02. The van der Waals surface area contributed by atoms with Crippen LogP contribution in [-0.4, -0.2) is 21.5 Å². The second-order valence-electron chi connectivity index (χ2n) is 4.23. The normalized spacial score (nSPS) is 10.3. The van der Waals surface area contributed by atoms with Gasteiger partial charge in [-0.3, -0.25) is 0 Å². The maximum atomic E-state index is 5.87. The number of halogens is 1. The predicted molar refractivity (Wildman–Crippen MR) is 78.2 cm³/mol. The molecular weight excluding hydrogens is 262 g/mol. The van der Waals surface area contributed by atoms with Gasteiger partial charge >= 0.3 is 0 Å². The maximum absolute atomic E-state index is 5.87. The molecule has 0 amide bonds. The molecule has 2 N–H and O–H groups in total. The molecule has 2 rings (SSSR count). The van der Waals surface area contributed by atoms with E-state index in [4.69, 9.17) is 11.6 Å². The molecule has 0 aliphatic rings. The van der Waals surface area contributed by atoms with E-state index in [9.17, 15) is 0 Å². The average molecular weight is 278 g/mol. The van der Waals surface area contributed by atoms with E-state index < -0.39 is 0 Å². The summed E-state index contributed by atoms with van der Waals surface area (Å²) in [5, 5.41) is 6.33. The van der Waals surface area contributed by atoms with E-state index in [2.05, 4.69) is 38.6 Å². The van der Waals surface area contributed by atoms with Crippen LogP contribution in [0.15, 0.2) is 18.2 Å². The molecule has 0 bridgehead atoms. The summed E-state index contributed by atoms with van der Waals surface area (Å²) in [6.07, 6.45) is 0. The number of rotatable bonds is 4. The summed E-state index contributed by atoms with van der Waals surface area (Å²) in [5.74, 6) is 0.901. The van der Waals surface area contributed by atoms with Crippen molar-refractivity contribution in [1.29, 1.82) is 0 Å². The summed E-state index contributed by atoms with van der Waals surface area (Å²) in [4.78, 5) is 12.3. The highest BCUT2D eigenvalue weighted by Gasteiger charge is 2.06. The molecule has 1 heterocycles. The van der Waals surface area contributed by atoms with Crippen LogP contribution in [0.3, 0.4) is 0 Å². The summed E-state index contributed by atoms with van der Waals surface area (Å²) >= 11 is 5.87. The number of hydrogen-bond donors (Lipinski definition) is 2. The molecule has 19 heavy (non-hydrogen) atoms. The Morgan fingerprint density at radius 3 is 2.53 bits per heavy atom. The third-order valence-corrected chi connectivity index (χ3v) is 2.74. The second-order valence-corrected chi connectivity index (χ2v) is 4.56. The molecule has 0 aliphatic carbocycles. The molecule has 1 aromatic carbocycles. The maximum Gasteiger partial charge on any atom is 0.233 e. The van der Waals surface area contributed by atoms with Gasteiger partial charge in [-0.15, -0.1) is 0 Å². The van der Waals surface area contributed by atoms with E-state index in [0.717, 1.165) is 17.8 Å². The van der Waals surface area contributed by atoms with E-state index in [1.807, 2.05) is 26.0 Å². The van der Waals surface area contributed by atoms with Gasteiger partial charge in [-0.1, -0.05) is 17.7 Å². The average Bonchev–Trinajstić information content (AvgIpc) is 2.32. The van der Waals surface area contributed by atoms with Gasteiger partial charge in [-0.25, -0.2) is 0 Å². The molecule has 0 aliphatic heterocycles. The second kappa shape index (κ2) is 5.84. The van der Waals surface area contributed by atoms with Gasteiger partial charge in [0.15, 0.2) is 0 Å². The molecule has 0 unspecified atom stereocenters. The zero-order valence-electron chi connectivity index (χ0n) is 11.2. The van der Waals surface area contributed by atoms with Crippen LogP contribution >= 0.6 is 11.6 Å². The molecule has 2 aromatic rings. The molecule has 0 spiro atoms. The van der Waals surface area contributed by atoms with E-state index in [1.54, 1.807) is 0 Å². The molecule has 0 radical (unpaired) electrons. The number of nitrogens with one attached hydrogen (secondary N) is 2. The van der Waals surface area contributed by atoms with Gasteiger partial charge in [0.25, 0.3) is 0 Å². The van der Waals surface area contributed by atoms with Crippen molar-refractivity contribution in [2.24, 2.45) is 0 Å². The lowest BCUT2D eigenvalue weighted by atomic mass is 10.1. The number of nitrogens with zero attached hydrogens (tertiary/aromatic N) is 3. The monoisotopic (exact) mass is 277 g/mol. The van der Waals surface area contributed by atoms with E-state index >= 15 is 0 Å². The van der Waals surface area contributed by atoms with E-state index in [1.165, 1.54) is 5.56 Å². The minimum atomic E-state index is 0.165. The number of benzene rings is 1. The van der Waals surface area contributed by atoms with E-state index in [-0.39, 0.29) is 5.28 Å². The Kier molecular flexibility index (Phi) is 4.16. The van der Waals surface area contributed by atoms with Crippen molar-refractivity contribution < 1.29 is 0 Å². The zero-order chi connectivity index (χ0) is 13.8. The highest BCUT2D eigenvalue weighted by atomic mass is 35.5. The van der Waals surface area contributed by atoms with Crippen molar-refractivity contribution in [3.05, 3.63) is 34.6 Å². The van der Waals surface area contributed by atoms with Crippen LogP contribution in [0.25, 0.3) is 0 Å². The molecule has 1 aromatic heterocycles. The molecule has 0 atom stereocenters. The summed E-state index contributed by atoms with van der Waals surface area (Å²) in [7, 11) is 0. The van der Waals surface area contributed by atoms with Crippen LogP contribution in [0.4, 0.5) is 17.6 Å². The third kappa shape index (κ3) is 3.54. The lowest BCUT2D eigenvalue weighted by Crippen LogP contribution is -2.07. The highest BCUT2D eigenvalue weighted by molar-refractivity contribution is 6.28. The third-order valence-electron chi connectivity index (χ3n) is 2.57. The van der Waals surface area contributed by atoms with Crippen LogP contribution in [0, 0.1) is 13.8 Å². The van der Waals surface area contributed by atoms with Crippen LogP contribution < -0.4 is 10.6 Å². The Morgan fingerprint density at radius 2 is 1.84 bits per heavy atom. The SMILES string of the molecule is CCNc1nc(Cl)nc(Nc2ccc(C)cc2C)n1. The first-order chi connectivity index (χ1) is 9.08. The molecule has 6 heteroatoms. The minimum Gasteiger partial charge on any atom is -0.354 e. The topological polar surface area (TPSA) is 62.7 Å². The summed E-state index contributed by atoms with van der Waals surface area (Å²) in [6, 6.07) is 6.12. The van der Waals surface area contributed by atoms with Gasteiger partial charge in [0.2, 0.25) is 17.2 Å². The van der Waals surface area contributed by atoms with Crippen LogP contribution in [0.1, 0.15) is 18.1 Å². The largest absolute Gasteiger partial charge is 0.354 e. The van der Waals surface area contributed by atoms with Gasteiger partial charge in [0, 0.05) is 12.2 Å². The van der Waals surface area contributed by atoms with Crippen molar-refractivity contribution >= 4 is 29.2 Å². The number of aromatic nitrogens is 3. The first-order valence-electron chi connectivity index (χ1n) is 6.08. The van der Waals surface area contributed by atoms with E-state index in [0.29, 0.717) is 11.9 Å². The molecular formula is C13H16ClN5. The van der Waals surface area contributed by atoms with Crippen molar-refractivity contribution in [3.8, 4) is 0 Å².